The van der Waals surface area contributed by atoms with E-state index >= 15 is 0 Å². The molecule has 0 aliphatic rings. The molecular weight excluding hydrogens is 491 g/mol. The Hall–Kier alpha value is -1.87. The quantitative estimate of drug-likeness (QED) is 0.272. The van der Waals surface area contributed by atoms with Crippen molar-refractivity contribution in [2.24, 2.45) is 0 Å². The number of hydrogen-bond acceptors (Lipinski definition) is 7. The van der Waals surface area contributed by atoms with Crippen molar-refractivity contribution in [2.75, 3.05) is 35.2 Å². The number of benzene rings is 2. The number of halogens is 3. The van der Waals surface area contributed by atoms with Gasteiger partial charge >= 0.3 is 5.97 Å². The second kappa shape index (κ2) is 10.2. The molecule has 2 aromatic rings. The summed E-state index contributed by atoms with van der Waals surface area (Å²) in [6.45, 7) is 1.60. The first kappa shape index (κ1) is 23.4. The lowest BCUT2D eigenvalue weighted by molar-refractivity contribution is 0.0450. The Labute approximate surface area is 186 Å². The number of methoxy groups -OCH3 is 4. The highest BCUT2D eigenvalue weighted by molar-refractivity contribution is 9.10. The van der Waals surface area contributed by atoms with Gasteiger partial charge in [0.2, 0.25) is 5.75 Å². The van der Waals surface area contributed by atoms with Gasteiger partial charge in [-0.25, -0.2) is 4.79 Å². The number of rotatable bonds is 8. The van der Waals surface area contributed by atoms with Crippen LogP contribution in [0.4, 0.5) is 0 Å². The molecule has 2 rings (SSSR count). The lowest BCUT2D eigenvalue weighted by atomic mass is 10.1. The molecule has 0 unspecified atom stereocenters. The number of hydrogen-bond donors (Lipinski definition) is 0. The third-order valence-electron chi connectivity index (χ3n) is 3.88. The van der Waals surface area contributed by atoms with Crippen molar-refractivity contribution < 1.29 is 33.2 Å². The molecule has 2 aromatic carbocycles. The van der Waals surface area contributed by atoms with Crippen LogP contribution < -0.4 is 23.7 Å². The highest BCUT2D eigenvalue weighted by Crippen LogP contribution is 2.50. The van der Waals surface area contributed by atoms with Crippen molar-refractivity contribution in [1.29, 1.82) is 0 Å². The Morgan fingerprint density at radius 1 is 1.00 bits per heavy atom. The molecule has 0 aliphatic heterocycles. The maximum atomic E-state index is 13.0. The minimum absolute atomic E-state index is 0.0196. The lowest BCUT2D eigenvalue weighted by Crippen LogP contribution is -2.14. The summed E-state index contributed by atoms with van der Waals surface area (Å²) in [5.74, 6) is 0.181. The maximum Gasteiger partial charge on any atom is 0.349 e. The van der Waals surface area contributed by atoms with Crippen LogP contribution in [0.1, 0.15) is 15.9 Å². The maximum absolute atomic E-state index is 13.0. The molecule has 0 aromatic heterocycles. The van der Waals surface area contributed by atoms with E-state index in [-0.39, 0.29) is 40.4 Å². The van der Waals surface area contributed by atoms with Gasteiger partial charge in [-0.3, -0.25) is 0 Å². The molecule has 0 amide bonds. The Balaban J connectivity index is 2.59. The summed E-state index contributed by atoms with van der Waals surface area (Å²) < 4.78 is 32.3. The second-order valence-electron chi connectivity index (χ2n) is 5.57. The summed E-state index contributed by atoms with van der Waals surface area (Å²) in [5, 5.41) is 0.393. The van der Waals surface area contributed by atoms with E-state index in [9.17, 15) is 4.79 Å². The third-order valence-corrected chi connectivity index (χ3v) is 5.59. The zero-order valence-electron chi connectivity index (χ0n) is 16.4. The third kappa shape index (κ3) is 4.83. The summed E-state index contributed by atoms with van der Waals surface area (Å²) in [7, 11) is 5.75. The first-order valence-corrected chi connectivity index (χ1v) is 9.66. The Bertz CT molecular complexity index is 918. The molecule has 158 valence electrons. The fraction of sp³-hybridized carbons (Fsp3) is 0.316. The van der Waals surface area contributed by atoms with Crippen LogP contribution >= 0.6 is 39.1 Å². The average molecular weight is 510 g/mol. The van der Waals surface area contributed by atoms with Gasteiger partial charge < -0.3 is 28.4 Å². The number of carbonyl (C=O) groups is 1. The standard InChI is InChI=1S/C19H19BrCl2O7/c1-9-14(20)16(18(28-8-24-2)17(27-5)15(9)22)29-19(23)13-11(21)6-10(25-3)7-12(13)26-4/h6-7H,8H2,1-5H3. The summed E-state index contributed by atoms with van der Waals surface area (Å²) in [5.41, 5.74) is 0.606. The van der Waals surface area contributed by atoms with Crippen LogP contribution in [0.2, 0.25) is 10.0 Å². The molecule has 0 saturated carbocycles. The van der Waals surface area contributed by atoms with Gasteiger partial charge in [-0.15, -0.1) is 0 Å². The normalized spacial score (nSPS) is 10.5. The molecule has 0 atom stereocenters. The summed E-state index contributed by atoms with van der Waals surface area (Å²) in [4.78, 5) is 13.0. The van der Waals surface area contributed by atoms with Gasteiger partial charge in [0.05, 0.1) is 35.8 Å². The lowest BCUT2D eigenvalue weighted by Gasteiger charge is -2.19. The Morgan fingerprint density at radius 3 is 2.24 bits per heavy atom. The van der Waals surface area contributed by atoms with Crippen molar-refractivity contribution in [3.63, 3.8) is 0 Å². The van der Waals surface area contributed by atoms with E-state index in [0.717, 1.165) is 0 Å². The van der Waals surface area contributed by atoms with Gasteiger partial charge in [-0.05, 0) is 34.5 Å². The highest BCUT2D eigenvalue weighted by atomic mass is 79.9. The first-order chi connectivity index (χ1) is 13.8. The van der Waals surface area contributed by atoms with Gasteiger partial charge in [-0.1, -0.05) is 23.2 Å². The van der Waals surface area contributed by atoms with Crippen molar-refractivity contribution in [3.05, 3.63) is 37.8 Å². The van der Waals surface area contributed by atoms with Gasteiger partial charge in [0.15, 0.2) is 18.3 Å². The number of ether oxygens (including phenoxy) is 6. The smallest absolute Gasteiger partial charge is 0.349 e. The molecule has 10 heteroatoms. The SMILES string of the molecule is COCOc1c(OC)c(Cl)c(C)c(Br)c1OC(=O)c1c(Cl)cc(OC)cc1OC. The van der Waals surface area contributed by atoms with Crippen molar-refractivity contribution in [2.45, 2.75) is 6.92 Å². The topological polar surface area (TPSA) is 72.5 Å². The van der Waals surface area contributed by atoms with Crippen LogP contribution in [0, 0.1) is 6.92 Å². The second-order valence-corrected chi connectivity index (χ2v) is 7.15. The van der Waals surface area contributed by atoms with E-state index in [1.54, 1.807) is 6.92 Å². The monoisotopic (exact) mass is 508 g/mol. The van der Waals surface area contributed by atoms with E-state index in [4.69, 9.17) is 51.6 Å². The van der Waals surface area contributed by atoms with Crippen molar-refractivity contribution in [1.82, 2.24) is 0 Å². The van der Waals surface area contributed by atoms with E-state index < -0.39 is 5.97 Å². The molecule has 0 bridgehead atoms. The van der Waals surface area contributed by atoms with Gasteiger partial charge in [0.25, 0.3) is 0 Å². The molecule has 0 heterocycles. The molecule has 0 N–H and O–H groups in total. The zero-order valence-corrected chi connectivity index (χ0v) is 19.5. The van der Waals surface area contributed by atoms with E-state index in [0.29, 0.717) is 20.8 Å². The molecule has 0 fully saturated rings. The van der Waals surface area contributed by atoms with Gasteiger partial charge in [0.1, 0.15) is 17.1 Å². The van der Waals surface area contributed by atoms with E-state index in [2.05, 4.69) is 15.9 Å². The van der Waals surface area contributed by atoms with Crippen LogP contribution in [0.15, 0.2) is 16.6 Å². The van der Waals surface area contributed by atoms with Gasteiger partial charge in [-0.2, -0.15) is 0 Å². The van der Waals surface area contributed by atoms with E-state index in [1.807, 2.05) is 0 Å². The van der Waals surface area contributed by atoms with Crippen LogP contribution in [-0.2, 0) is 4.74 Å². The highest BCUT2D eigenvalue weighted by Gasteiger charge is 2.28. The molecule has 29 heavy (non-hydrogen) atoms. The summed E-state index contributed by atoms with van der Waals surface area (Å²) in [6, 6.07) is 3.00. The van der Waals surface area contributed by atoms with Crippen molar-refractivity contribution >= 4 is 45.1 Å². The predicted octanol–water partition coefficient (Wildman–Crippen LogP) is 5.29. The first-order valence-electron chi connectivity index (χ1n) is 8.11. The molecular formula is C19H19BrCl2O7. The summed E-state index contributed by atoms with van der Waals surface area (Å²) >= 11 is 16.0. The zero-order chi connectivity index (χ0) is 21.7. The molecule has 0 aliphatic carbocycles. The van der Waals surface area contributed by atoms with Crippen LogP contribution in [-0.4, -0.2) is 41.2 Å². The Kier molecular flexibility index (Phi) is 8.27. The van der Waals surface area contributed by atoms with Crippen molar-refractivity contribution in [3.8, 4) is 28.7 Å². The number of esters is 1. The predicted molar refractivity (Wildman–Crippen MR) is 112 cm³/mol. The molecule has 7 nitrogen and oxygen atoms in total. The molecule has 0 saturated heterocycles. The van der Waals surface area contributed by atoms with Crippen LogP contribution in [0.25, 0.3) is 0 Å². The van der Waals surface area contributed by atoms with Gasteiger partial charge in [0, 0.05) is 13.2 Å². The largest absolute Gasteiger partial charge is 0.497 e. The van der Waals surface area contributed by atoms with E-state index in [1.165, 1.54) is 40.6 Å². The Morgan fingerprint density at radius 2 is 1.69 bits per heavy atom. The summed E-state index contributed by atoms with van der Waals surface area (Å²) in [6.07, 6.45) is 0. The molecule has 0 spiro atoms. The van der Waals surface area contributed by atoms with Crippen LogP contribution in [0.3, 0.4) is 0 Å². The fourth-order valence-electron chi connectivity index (χ4n) is 2.44. The number of carbonyl (C=O) groups excluding carboxylic acids is 1. The molecule has 0 radical (unpaired) electrons. The fourth-order valence-corrected chi connectivity index (χ4v) is 3.55. The minimum Gasteiger partial charge on any atom is -0.497 e. The average Bonchev–Trinajstić information content (AvgIpc) is 2.71. The van der Waals surface area contributed by atoms with Crippen LogP contribution in [0.5, 0.6) is 28.7 Å². The minimum atomic E-state index is -0.777.